The van der Waals surface area contributed by atoms with E-state index in [-0.39, 0.29) is 25.1 Å². The summed E-state index contributed by atoms with van der Waals surface area (Å²) in [5.41, 5.74) is 0.0484. The highest BCUT2D eigenvalue weighted by Gasteiger charge is 2.18. The molecular formula is C31H51N11O8. The molecule has 0 aliphatic heterocycles. The minimum atomic E-state index is -0.732. The summed E-state index contributed by atoms with van der Waals surface area (Å²) in [7, 11) is 1.76. The van der Waals surface area contributed by atoms with Gasteiger partial charge in [0.2, 0.25) is 11.9 Å². The van der Waals surface area contributed by atoms with E-state index >= 15 is 0 Å². The molecule has 0 fully saturated rings. The number of carbonyl (C=O) groups excluding carboxylic acids is 4. The van der Waals surface area contributed by atoms with E-state index in [1.165, 1.54) is 12.1 Å². The van der Waals surface area contributed by atoms with Crippen LogP contribution in [0.1, 0.15) is 76.6 Å². The molecular weight excluding hydrogens is 654 g/mol. The van der Waals surface area contributed by atoms with Crippen molar-refractivity contribution in [2.75, 3.05) is 44.0 Å². The van der Waals surface area contributed by atoms with Gasteiger partial charge in [-0.2, -0.15) is 0 Å². The van der Waals surface area contributed by atoms with Crippen molar-refractivity contribution in [2.24, 2.45) is 0 Å². The van der Waals surface area contributed by atoms with Crippen molar-refractivity contribution in [2.45, 2.75) is 91.4 Å². The number of hydrogen-bond acceptors (Lipinski definition) is 11. The second kappa shape index (κ2) is 22.4. The smallest absolute Gasteiger partial charge is 0.408 e. The predicted molar refractivity (Wildman–Crippen MR) is 186 cm³/mol. The summed E-state index contributed by atoms with van der Waals surface area (Å²) in [6.07, 6.45) is 3.16. The van der Waals surface area contributed by atoms with Crippen LogP contribution in [0.15, 0.2) is 21.7 Å². The van der Waals surface area contributed by atoms with Crippen LogP contribution in [0.2, 0.25) is 0 Å². The average molecular weight is 706 g/mol. The third-order valence-electron chi connectivity index (χ3n) is 7.00. The van der Waals surface area contributed by atoms with Crippen LogP contribution in [0.4, 0.5) is 31.1 Å². The summed E-state index contributed by atoms with van der Waals surface area (Å²) in [6.45, 7) is 8.02. The fourth-order valence-corrected chi connectivity index (χ4v) is 4.51. The number of carbonyl (C=O) groups is 4. The third-order valence-corrected chi connectivity index (χ3v) is 7.00. The first-order valence-corrected chi connectivity index (χ1v) is 16.7. The number of likely N-dealkylation sites (N-methyl/N-ethyl adjacent to an activating group) is 1. The lowest BCUT2D eigenvalue weighted by atomic mass is 10.2. The Hall–Kier alpha value is -5.20. The Kier molecular flexibility index (Phi) is 18.4. The Morgan fingerprint density at radius 1 is 0.700 bits per heavy atom. The number of H-pyrrole nitrogens is 2. The van der Waals surface area contributed by atoms with Gasteiger partial charge in [0, 0.05) is 36.6 Å². The van der Waals surface area contributed by atoms with Gasteiger partial charge in [0.05, 0.1) is 0 Å². The molecule has 0 saturated carbocycles. The maximum atomic E-state index is 12.5. The number of unbranched alkanes of at least 4 members (excludes halogenated alkanes) is 4. The van der Waals surface area contributed by atoms with Crippen LogP contribution in [0.25, 0.3) is 0 Å². The number of rotatable bonds is 20. The molecule has 6 amide bonds. The Morgan fingerprint density at radius 3 is 1.46 bits per heavy atom. The Labute approximate surface area is 290 Å². The zero-order valence-electron chi connectivity index (χ0n) is 29.4. The van der Waals surface area contributed by atoms with Crippen LogP contribution in [0, 0.1) is 13.8 Å². The maximum Gasteiger partial charge on any atom is 0.408 e. The third kappa shape index (κ3) is 17.8. The van der Waals surface area contributed by atoms with E-state index < -0.39 is 47.7 Å². The first-order valence-electron chi connectivity index (χ1n) is 16.7. The van der Waals surface area contributed by atoms with Crippen LogP contribution in [-0.4, -0.2) is 94.8 Å². The number of aromatic amines is 2. The normalized spacial score (nSPS) is 12.0. The summed E-state index contributed by atoms with van der Waals surface area (Å²) < 4.78 is 10.6. The van der Waals surface area contributed by atoms with Crippen molar-refractivity contribution < 1.29 is 28.7 Å². The Morgan fingerprint density at radius 2 is 1.10 bits per heavy atom. The molecule has 19 nitrogen and oxygen atoms in total. The van der Waals surface area contributed by atoms with Crippen molar-refractivity contribution in [1.29, 1.82) is 0 Å². The van der Waals surface area contributed by atoms with Gasteiger partial charge in [0.25, 0.3) is 11.1 Å². The number of nitrogens with zero attached hydrogens (tertiary/aromatic N) is 3. The summed E-state index contributed by atoms with van der Waals surface area (Å²) in [5, 5.41) is 15.5. The average Bonchev–Trinajstić information content (AvgIpc) is 3.00. The van der Waals surface area contributed by atoms with E-state index in [0.29, 0.717) is 37.3 Å². The molecule has 8 N–H and O–H groups in total. The topological polar surface area (TPSA) is 254 Å². The highest BCUT2D eigenvalue weighted by atomic mass is 16.6. The summed E-state index contributed by atoms with van der Waals surface area (Å²) in [5.74, 6) is -0.0390. The molecule has 0 bridgehead atoms. The second-order valence-electron chi connectivity index (χ2n) is 11.6. The van der Waals surface area contributed by atoms with Gasteiger partial charge in [0.1, 0.15) is 25.5 Å². The summed E-state index contributed by atoms with van der Waals surface area (Å²) in [6, 6.07) is 1.27. The van der Waals surface area contributed by atoms with E-state index in [1.54, 1.807) is 25.8 Å². The molecule has 278 valence electrons. The monoisotopic (exact) mass is 705 g/mol. The second-order valence-corrected chi connectivity index (χ2v) is 11.6. The first kappa shape index (κ1) is 41.0. The van der Waals surface area contributed by atoms with Gasteiger partial charge >= 0.3 is 24.2 Å². The molecule has 0 aliphatic rings. The minimum Gasteiger partial charge on any atom is -0.448 e. The standard InChI is InChI=1S/C31H51N11O8/c1-6-8-10-12-22(34-28(45)40-26-32-20(3)18-24(43)38-26)36-30(47)49-16-14-42(5)15-17-50-31(48)37-23(13-11-9-7-2)35-29(46)41-27-33-21(4)19-25(44)39-27/h18-19,22-23H,6-17H2,1-5H3,(H,36,47)(H,37,48)(H3,32,34,38,40,43,45)(H3,33,35,39,41,44,46). The molecule has 50 heavy (non-hydrogen) atoms. The molecule has 2 atom stereocenters. The molecule has 0 aromatic carbocycles. The Balaban J connectivity index is 1.75. The van der Waals surface area contributed by atoms with E-state index in [1.807, 2.05) is 13.8 Å². The van der Waals surface area contributed by atoms with Crippen molar-refractivity contribution in [1.82, 2.24) is 46.1 Å². The number of anilines is 2. The number of alkyl carbamates (subject to hydrolysis) is 2. The SMILES string of the molecule is CCCCCC(NC(=O)Nc1nc(C)cc(=O)[nH]1)NC(=O)OCCN(C)CCOC(=O)NC(CCCCC)NC(=O)Nc1nc(C)cc(=O)[nH]1. The van der Waals surface area contributed by atoms with Crippen molar-refractivity contribution >= 4 is 36.1 Å². The highest BCUT2D eigenvalue weighted by Crippen LogP contribution is 2.05. The molecule has 2 unspecified atom stereocenters. The number of amides is 6. The number of nitrogens with one attached hydrogen (secondary N) is 8. The number of aromatic nitrogens is 4. The van der Waals surface area contributed by atoms with Gasteiger partial charge in [-0.25, -0.2) is 29.1 Å². The van der Waals surface area contributed by atoms with E-state index in [0.717, 1.165) is 38.5 Å². The van der Waals surface area contributed by atoms with Crippen LogP contribution < -0.4 is 43.0 Å². The Bertz CT molecular complexity index is 1390. The lowest BCUT2D eigenvalue weighted by molar-refractivity contribution is 0.111. The quantitative estimate of drug-likeness (QED) is 0.0734. The molecule has 0 aliphatic carbocycles. The zero-order chi connectivity index (χ0) is 36.9. The lowest BCUT2D eigenvalue weighted by Gasteiger charge is -2.22. The molecule has 2 aromatic rings. The lowest BCUT2D eigenvalue weighted by Crippen LogP contribution is -2.50. The van der Waals surface area contributed by atoms with Gasteiger partial charge in [0.15, 0.2) is 0 Å². The maximum absolute atomic E-state index is 12.5. The van der Waals surface area contributed by atoms with Crippen LogP contribution >= 0.6 is 0 Å². The summed E-state index contributed by atoms with van der Waals surface area (Å²) >= 11 is 0. The van der Waals surface area contributed by atoms with E-state index in [4.69, 9.17) is 9.47 Å². The molecule has 0 spiro atoms. The molecule has 0 saturated heterocycles. The van der Waals surface area contributed by atoms with Gasteiger partial charge in [-0.05, 0) is 46.6 Å². The van der Waals surface area contributed by atoms with E-state index in [9.17, 15) is 28.8 Å². The van der Waals surface area contributed by atoms with Crippen LogP contribution in [-0.2, 0) is 9.47 Å². The van der Waals surface area contributed by atoms with Gasteiger partial charge in [-0.15, -0.1) is 0 Å². The number of urea groups is 2. The fraction of sp³-hybridized carbons (Fsp3) is 0.613. The molecule has 2 rings (SSSR count). The molecule has 2 aromatic heterocycles. The number of aryl methyl sites for hydroxylation is 2. The first-order chi connectivity index (χ1) is 23.9. The molecule has 2 heterocycles. The van der Waals surface area contributed by atoms with E-state index in [2.05, 4.69) is 51.8 Å². The van der Waals surface area contributed by atoms with Crippen molar-refractivity contribution in [3.63, 3.8) is 0 Å². The van der Waals surface area contributed by atoms with Gasteiger partial charge < -0.3 is 30.7 Å². The summed E-state index contributed by atoms with van der Waals surface area (Å²) in [4.78, 5) is 88.0. The molecule has 0 radical (unpaired) electrons. The number of hydrogen-bond donors (Lipinski definition) is 8. The predicted octanol–water partition coefficient (Wildman–Crippen LogP) is 2.61. The largest absolute Gasteiger partial charge is 0.448 e. The van der Waals surface area contributed by atoms with Crippen molar-refractivity contribution in [3.05, 3.63) is 44.2 Å². The van der Waals surface area contributed by atoms with Gasteiger partial charge in [-0.1, -0.05) is 39.5 Å². The fourth-order valence-electron chi connectivity index (χ4n) is 4.51. The van der Waals surface area contributed by atoms with Gasteiger partial charge in [-0.3, -0.25) is 35.1 Å². The molecule has 19 heteroatoms. The van der Waals surface area contributed by atoms with Crippen LogP contribution in [0.3, 0.4) is 0 Å². The minimum absolute atomic E-state index is 0.0195. The van der Waals surface area contributed by atoms with Crippen molar-refractivity contribution in [3.8, 4) is 0 Å². The zero-order valence-corrected chi connectivity index (χ0v) is 29.4. The number of ether oxygens (including phenoxy) is 2. The van der Waals surface area contributed by atoms with Crippen LogP contribution in [0.5, 0.6) is 0 Å². The highest BCUT2D eigenvalue weighted by molar-refractivity contribution is 5.88.